The molecule has 0 aliphatic carbocycles. The van der Waals surface area contributed by atoms with E-state index in [1.165, 1.54) is 0 Å². The zero-order valence-electron chi connectivity index (χ0n) is 16.0. The van der Waals surface area contributed by atoms with Gasteiger partial charge in [-0.25, -0.2) is 8.42 Å². The Kier molecular flexibility index (Phi) is 5.03. The van der Waals surface area contributed by atoms with Crippen LogP contribution in [0.5, 0.6) is 0 Å². The molecule has 0 unspecified atom stereocenters. The molecule has 1 fully saturated rings. The highest BCUT2D eigenvalue weighted by atomic mass is 32.2. The molecule has 3 aromatic rings. The van der Waals surface area contributed by atoms with Gasteiger partial charge in [0.15, 0.2) is 0 Å². The van der Waals surface area contributed by atoms with Gasteiger partial charge in [0.1, 0.15) is 5.76 Å². The Morgan fingerprint density at radius 2 is 1.79 bits per heavy atom. The molecule has 2 aromatic heterocycles. The summed E-state index contributed by atoms with van der Waals surface area (Å²) in [5, 5.41) is 4.03. The second-order valence-corrected chi connectivity index (χ2v) is 9.10. The molecule has 0 spiro atoms. The maximum Gasteiger partial charge on any atom is 0.243 e. The van der Waals surface area contributed by atoms with Crippen LogP contribution in [0.15, 0.2) is 58.1 Å². The van der Waals surface area contributed by atoms with Gasteiger partial charge in [0.05, 0.1) is 10.6 Å². The molecule has 7 heteroatoms. The monoisotopic (exact) mass is 397 g/mol. The van der Waals surface area contributed by atoms with Crippen LogP contribution in [0.3, 0.4) is 0 Å². The Morgan fingerprint density at radius 1 is 1.07 bits per heavy atom. The maximum atomic E-state index is 12.8. The van der Waals surface area contributed by atoms with Crippen LogP contribution in [-0.4, -0.2) is 36.0 Å². The summed E-state index contributed by atoms with van der Waals surface area (Å²) in [6.07, 6.45) is 3.32. The summed E-state index contributed by atoms with van der Waals surface area (Å²) in [5.41, 5.74) is 3.90. The molecule has 28 heavy (non-hydrogen) atoms. The Bertz CT molecular complexity index is 1050. The van der Waals surface area contributed by atoms with E-state index in [-0.39, 0.29) is 5.92 Å². The molecule has 6 nitrogen and oxygen atoms in total. The lowest BCUT2D eigenvalue weighted by Gasteiger charge is -2.31. The molecule has 0 atom stereocenters. The van der Waals surface area contributed by atoms with Gasteiger partial charge in [-0.05, 0) is 56.5 Å². The minimum Gasteiger partial charge on any atom is -0.361 e. The van der Waals surface area contributed by atoms with Gasteiger partial charge in [-0.1, -0.05) is 23.4 Å². The minimum absolute atomic E-state index is 0.239. The minimum atomic E-state index is -3.43. The van der Waals surface area contributed by atoms with Gasteiger partial charge in [0, 0.05) is 36.5 Å². The van der Waals surface area contributed by atoms with Crippen LogP contribution in [0.25, 0.3) is 11.1 Å². The third-order valence-corrected chi connectivity index (χ3v) is 7.27. The van der Waals surface area contributed by atoms with E-state index in [4.69, 9.17) is 4.52 Å². The van der Waals surface area contributed by atoms with Gasteiger partial charge >= 0.3 is 0 Å². The summed E-state index contributed by atoms with van der Waals surface area (Å²) in [6.45, 7) is 4.83. The van der Waals surface area contributed by atoms with E-state index >= 15 is 0 Å². The summed E-state index contributed by atoms with van der Waals surface area (Å²) in [7, 11) is -3.43. The first-order chi connectivity index (χ1) is 13.5. The zero-order chi connectivity index (χ0) is 19.7. The number of nitrogens with zero attached hydrogens (tertiary/aromatic N) is 3. The molecule has 0 radical (unpaired) electrons. The van der Waals surface area contributed by atoms with Crippen molar-refractivity contribution in [2.45, 2.75) is 37.5 Å². The van der Waals surface area contributed by atoms with Crippen LogP contribution in [0.4, 0.5) is 0 Å². The second kappa shape index (κ2) is 7.48. The summed E-state index contributed by atoms with van der Waals surface area (Å²) in [6, 6.07) is 12.7. The summed E-state index contributed by atoms with van der Waals surface area (Å²) >= 11 is 0. The first-order valence-corrected chi connectivity index (χ1v) is 10.8. The van der Waals surface area contributed by atoms with E-state index in [1.54, 1.807) is 28.6 Å². The lowest BCUT2D eigenvalue weighted by Crippen LogP contribution is -2.38. The highest BCUT2D eigenvalue weighted by Crippen LogP contribution is 2.33. The Labute approximate surface area is 165 Å². The van der Waals surface area contributed by atoms with Crippen molar-refractivity contribution >= 4 is 10.0 Å². The Hall–Kier alpha value is -2.51. The molecule has 0 bridgehead atoms. The third-order valence-electron chi connectivity index (χ3n) is 5.36. The van der Waals surface area contributed by atoms with Gasteiger partial charge in [-0.2, -0.15) is 4.31 Å². The van der Waals surface area contributed by atoms with Crippen molar-refractivity contribution in [3.63, 3.8) is 0 Å². The number of rotatable bonds is 4. The van der Waals surface area contributed by atoms with Crippen LogP contribution in [0.1, 0.15) is 35.9 Å². The molecule has 0 amide bonds. The van der Waals surface area contributed by atoms with Gasteiger partial charge in [0.25, 0.3) is 0 Å². The summed E-state index contributed by atoms with van der Waals surface area (Å²) < 4.78 is 32.5. The number of aromatic nitrogens is 2. The molecule has 4 rings (SSSR count). The van der Waals surface area contributed by atoms with Crippen molar-refractivity contribution in [1.82, 2.24) is 14.4 Å². The summed E-state index contributed by atoms with van der Waals surface area (Å²) in [5.74, 6) is 1.03. The number of hydrogen-bond donors (Lipinski definition) is 0. The fourth-order valence-electron chi connectivity index (χ4n) is 3.86. The number of sulfonamides is 1. The molecule has 1 saturated heterocycles. The third kappa shape index (κ3) is 3.47. The van der Waals surface area contributed by atoms with Gasteiger partial charge < -0.3 is 4.52 Å². The molecular weight excluding hydrogens is 374 g/mol. The summed E-state index contributed by atoms with van der Waals surface area (Å²) in [4.78, 5) is 4.91. The van der Waals surface area contributed by atoms with E-state index < -0.39 is 10.0 Å². The first-order valence-electron chi connectivity index (χ1n) is 9.41. The van der Waals surface area contributed by atoms with Crippen molar-refractivity contribution in [2.24, 2.45) is 0 Å². The average Bonchev–Trinajstić information content (AvgIpc) is 3.07. The van der Waals surface area contributed by atoms with Crippen molar-refractivity contribution in [3.05, 3.63) is 65.8 Å². The first kappa shape index (κ1) is 18.8. The average molecular weight is 398 g/mol. The molecule has 1 aliphatic heterocycles. The molecule has 1 aliphatic rings. The lowest BCUT2D eigenvalue weighted by atomic mass is 9.92. The van der Waals surface area contributed by atoms with E-state index in [1.807, 2.05) is 32.2 Å². The predicted molar refractivity (Wildman–Crippen MR) is 106 cm³/mol. The fourth-order valence-corrected chi connectivity index (χ4v) is 5.35. The number of aryl methyl sites for hydroxylation is 2. The molecule has 0 N–H and O–H groups in total. The van der Waals surface area contributed by atoms with E-state index in [9.17, 15) is 8.42 Å². The van der Waals surface area contributed by atoms with Crippen LogP contribution >= 0.6 is 0 Å². The predicted octanol–water partition coefficient (Wildman–Crippen LogP) is 3.92. The molecule has 0 saturated carbocycles. The lowest BCUT2D eigenvalue weighted by molar-refractivity contribution is 0.317. The highest BCUT2D eigenvalue weighted by Gasteiger charge is 2.30. The van der Waals surface area contributed by atoms with Crippen LogP contribution in [-0.2, 0) is 10.0 Å². The van der Waals surface area contributed by atoms with Crippen LogP contribution in [0.2, 0.25) is 0 Å². The zero-order valence-corrected chi connectivity index (χ0v) is 16.8. The number of benzene rings is 1. The molecule has 3 heterocycles. The Morgan fingerprint density at radius 3 is 2.43 bits per heavy atom. The van der Waals surface area contributed by atoms with Crippen molar-refractivity contribution in [2.75, 3.05) is 13.1 Å². The van der Waals surface area contributed by atoms with Crippen molar-refractivity contribution in [1.29, 1.82) is 0 Å². The normalized spacial score (nSPS) is 16.4. The second-order valence-electron chi connectivity index (χ2n) is 7.16. The molecular formula is C21H23N3O3S. The largest absolute Gasteiger partial charge is 0.361 e. The van der Waals surface area contributed by atoms with E-state index in [2.05, 4.69) is 16.2 Å². The standard InChI is InChI=1S/C21H23N3O3S/c1-15-21(16(2)27-23-15)18-8-11-22-20(14-18)17-9-12-24(13-10-17)28(25,26)19-6-4-3-5-7-19/h3-8,11,14,17H,9-10,12-13H2,1-2H3. The van der Waals surface area contributed by atoms with Gasteiger partial charge in [-0.3, -0.25) is 4.98 Å². The topological polar surface area (TPSA) is 76.3 Å². The highest BCUT2D eigenvalue weighted by molar-refractivity contribution is 7.89. The molecule has 146 valence electrons. The molecule has 1 aromatic carbocycles. The van der Waals surface area contributed by atoms with Crippen molar-refractivity contribution < 1.29 is 12.9 Å². The number of hydrogen-bond acceptors (Lipinski definition) is 5. The maximum absolute atomic E-state index is 12.8. The van der Waals surface area contributed by atoms with E-state index in [0.29, 0.717) is 18.0 Å². The van der Waals surface area contributed by atoms with Gasteiger partial charge in [-0.15, -0.1) is 0 Å². The SMILES string of the molecule is Cc1noc(C)c1-c1ccnc(C2CCN(S(=O)(=O)c3ccccc3)CC2)c1. The number of pyridine rings is 1. The Balaban J connectivity index is 1.51. The van der Waals surface area contributed by atoms with Crippen LogP contribution in [0, 0.1) is 13.8 Å². The number of piperidine rings is 1. The van der Waals surface area contributed by atoms with Gasteiger partial charge in [0.2, 0.25) is 10.0 Å². The fraction of sp³-hybridized carbons (Fsp3) is 0.333. The quantitative estimate of drug-likeness (QED) is 0.667. The van der Waals surface area contributed by atoms with E-state index in [0.717, 1.165) is 41.1 Å². The smallest absolute Gasteiger partial charge is 0.243 e. The van der Waals surface area contributed by atoms with Crippen LogP contribution < -0.4 is 0 Å². The van der Waals surface area contributed by atoms with Crippen molar-refractivity contribution in [3.8, 4) is 11.1 Å².